The number of anilines is 1. The summed E-state index contributed by atoms with van der Waals surface area (Å²) in [6.45, 7) is -0.0152. The normalized spacial score (nSPS) is 16.9. The van der Waals surface area contributed by atoms with E-state index in [0.29, 0.717) is 15.7 Å². The molecular formula is C11H13BrN2O2. The first kappa shape index (κ1) is 11.4. The highest BCUT2D eigenvalue weighted by atomic mass is 79.9. The molecule has 1 saturated carbocycles. The molecule has 1 aromatic carbocycles. The van der Waals surface area contributed by atoms with E-state index < -0.39 is 5.54 Å². The van der Waals surface area contributed by atoms with Crippen LogP contribution in [0.3, 0.4) is 0 Å². The average Bonchev–Trinajstić information content (AvgIpc) is 3.02. The second kappa shape index (κ2) is 4.07. The van der Waals surface area contributed by atoms with Crippen molar-refractivity contribution in [1.29, 1.82) is 0 Å². The van der Waals surface area contributed by atoms with Crippen LogP contribution >= 0.6 is 15.9 Å². The van der Waals surface area contributed by atoms with Crippen LogP contribution in [-0.2, 0) is 0 Å². The van der Waals surface area contributed by atoms with E-state index >= 15 is 0 Å². The van der Waals surface area contributed by atoms with Crippen LogP contribution in [0.2, 0.25) is 0 Å². The fourth-order valence-corrected chi connectivity index (χ4v) is 1.93. The van der Waals surface area contributed by atoms with E-state index in [1.54, 1.807) is 18.2 Å². The first-order valence-corrected chi connectivity index (χ1v) is 5.84. The summed E-state index contributed by atoms with van der Waals surface area (Å²) in [6.07, 6.45) is 1.66. The van der Waals surface area contributed by atoms with Gasteiger partial charge in [-0.2, -0.15) is 0 Å². The number of nitrogens with one attached hydrogen (secondary N) is 1. The lowest BCUT2D eigenvalue weighted by atomic mass is 10.1. The van der Waals surface area contributed by atoms with Gasteiger partial charge in [-0.1, -0.05) is 0 Å². The molecule has 1 amide bonds. The van der Waals surface area contributed by atoms with Gasteiger partial charge in [-0.15, -0.1) is 0 Å². The van der Waals surface area contributed by atoms with Crippen LogP contribution in [0.15, 0.2) is 22.7 Å². The average molecular weight is 285 g/mol. The Morgan fingerprint density at radius 3 is 2.81 bits per heavy atom. The van der Waals surface area contributed by atoms with Gasteiger partial charge >= 0.3 is 0 Å². The Morgan fingerprint density at radius 2 is 2.25 bits per heavy atom. The molecule has 4 N–H and O–H groups in total. The molecule has 1 aliphatic rings. The Labute approximate surface area is 102 Å². The molecule has 0 radical (unpaired) electrons. The number of carbonyl (C=O) groups is 1. The quantitative estimate of drug-likeness (QED) is 0.732. The standard InChI is InChI=1S/C11H13BrN2O2/c12-9-2-1-7(13)5-8(9)10(16)14-11(6-15)3-4-11/h1-2,5,15H,3-4,6,13H2,(H,14,16). The first-order chi connectivity index (χ1) is 7.56. The molecule has 1 fully saturated rings. The zero-order valence-electron chi connectivity index (χ0n) is 8.66. The number of rotatable bonds is 3. The molecule has 0 saturated heterocycles. The van der Waals surface area contributed by atoms with E-state index in [-0.39, 0.29) is 12.5 Å². The van der Waals surface area contributed by atoms with Crippen LogP contribution in [0, 0.1) is 0 Å². The van der Waals surface area contributed by atoms with Crippen molar-refractivity contribution in [2.45, 2.75) is 18.4 Å². The van der Waals surface area contributed by atoms with Gasteiger partial charge in [0.05, 0.1) is 17.7 Å². The number of nitrogen functional groups attached to an aromatic ring is 1. The van der Waals surface area contributed by atoms with Crippen LogP contribution in [-0.4, -0.2) is 23.2 Å². The van der Waals surface area contributed by atoms with Crippen LogP contribution in [0.25, 0.3) is 0 Å². The van der Waals surface area contributed by atoms with Crippen LogP contribution in [0.1, 0.15) is 23.2 Å². The Kier molecular flexibility index (Phi) is 2.90. The number of amides is 1. The lowest BCUT2D eigenvalue weighted by molar-refractivity contribution is 0.0906. The Bertz CT molecular complexity index is 430. The summed E-state index contributed by atoms with van der Waals surface area (Å²) < 4.78 is 0.702. The van der Waals surface area contributed by atoms with Crippen molar-refractivity contribution in [3.63, 3.8) is 0 Å². The molecule has 0 aliphatic heterocycles. The van der Waals surface area contributed by atoms with Crippen molar-refractivity contribution in [1.82, 2.24) is 5.32 Å². The molecule has 16 heavy (non-hydrogen) atoms. The summed E-state index contributed by atoms with van der Waals surface area (Å²) in [4.78, 5) is 11.9. The van der Waals surface area contributed by atoms with Crippen molar-refractivity contribution < 1.29 is 9.90 Å². The van der Waals surface area contributed by atoms with Gasteiger partial charge in [-0.25, -0.2) is 0 Å². The van der Waals surface area contributed by atoms with Gasteiger partial charge in [-0.05, 0) is 47.0 Å². The van der Waals surface area contributed by atoms with E-state index in [2.05, 4.69) is 21.2 Å². The van der Waals surface area contributed by atoms with Gasteiger partial charge in [-0.3, -0.25) is 4.79 Å². The molecule has 0 unspecified atom stereocenters. The van der Waals surface area contributed by atoms with E-state index in [0.717, 1.165) is 12.8 Å². The first-order valence-electron chi connectivity index (χ1n) is 5.05. The Morgan fingerprint density at radius 1 is 1.56 bits per heavy atom. The van der Waals surface area contributed by atoms with Crippen molar-refractivity contribution in [2.24, 2.45) is 0 Å². The number of aliphatic hydroxyl groups is 1. The maximum atomic E-state index is 11.9. The zero-order valence-corrected chi connectivity index (χ0v) is 10.3. The smallest absolute Gasteiger partial charge is 0.253 e. The van der Waals surface area contributed by atoms with E-state index in [1.165, 1.54) is 0 Å². The van der Waals surface area contributed by atoms with Crippen LogP contribution in [0.5, 0.6) is 0 Å². The number of hydrogen-bond donors (Lipinski definition) is 3. The Hall–Kier alpha value is -1.07. The maximum absolute atomic E-state index is 11.9. The van der Waals surface area contributed by atoms with Gasteiger partial charge in [0.15, 0.2) is 0 Å². The van der Waals surface area contributed by atoms with E-state index in [4.69, 9.17) is 10.8 Å². The van der Waals surface area contributed by atoms with Gasteiger partial charge in [0.2, 0.25) is 0 Å². The molecule has 0 atom stereocenters. The van der Waals surface area contributed by atoms with Crippen molar-refractivity contribution in [3.8, 4) is 0 Å². The minimum absolute atomic E-state index is 0.0152. The zero-order chi connectivity index (χ0) is 11.8. The molecule has 1 aliphatic carbocycles. The van der Waals surface area contributed by atoms with Crippen LogP contribution < -0.4 is 11.1 Å². The molecule has 0 heterocycles. The van der Waals surface area contributed by atoms with Gasteiger partial charge in [0.1, 0.15) is 0 Å². The van der Waals surface area contributed by atoms with Crippen molar-refractivity contribution in [3.05, 3.63) is 28.2 Å². The number of halogens is 1. The van der Waals surface area contributed by atoms with E-state index in [9.17, 15) is 4.79 Å². The highest BCUT2D eigenvalue weighted by molar-refractivity contribution is 9.10. The second-order valence-electron chi connectivity index (χ2n) is 4.13. The molecule has 0 bridgehead atoms. The summed E-state index contributed by atoms with van der Waals surface area (Å²) in [7, 11) is 0. The van der Waals surface area contributed by atoms with Gasteiger partial charge < -0.3 is 16.2 Å². The molecule has 0 spiro atoms. The third-order valence-electron chi connectivity index (χ3n) is 2.77. The number of nitrogens with two attached hydrogens (primary N) is 1. The SMILES string of the molecule is Nc1ccc(Br)c(C(=O)NC2(CO)CC2)c1. The molecule has 1 aromatic rings. The maximum Gasteiger partial charge on any atom is 0.253 e. The van der Waals surface area contributed by atoms with Gasteiger partial charge in [0, 0.05) is 10.2 Å². The number of hydrogen-bond acceptors (Lipinski definition) is 3. The minimum atomic E-state index is -0.402. The summed E-state index contributed by atoms with van der Waals surface area (Å²) in [5, 5.41) is 12.0. The molecule has 2 rings (SSSR count). The molecule has 0 aromatic heterocycles. The predicted octanol–water partition coefficient (Wildman–Crippen LogP) is 1.29. The monoisotopic (exact) mass is 284 g/mol. The third kappa shape index (κ3) is 2.20. The van der Waals surface area contributed by atoms with Gasteiger partial charge in [0.25, 0.3) is 5.91 Å². The second-order valence-corrected chi connectivity index (χ2v) is 4.99. The number of benzene rings is 1. The van der Waals surface area contributed by atoms with E-state index in [1.807, 2.05) is 0 Å². The molecule has 4 nitrogen and oxygen atoms in total. The summed E-state index contributed by atoms with van der Waals surface area (Å²) in [5.74, 6) is -0.203. The lowest BCUT2D eigenvalue weighted by Crippen LogP contribution is -2.39. The van der Waals surface area contributed by atoms with Crippen LogP contribution in [0.4, 0.5) is 5.69 Å². The largest absolute Gasteiger partial charge is 0.399 e. The lowest BCUT2D eigenvalue weighted by Gasteiger charge is -2.15. The summed E-state index contributed by atoms with van der Waals surface area (Å²) in [5.41, 5.74) is 6.27. The highest BCUT2D eigenvalue weighted by Gasteiger charge is 2.43. The molecular weight excluding hydrogens is 272 g/mol. The fourth-order valence-electron chi connectivity index (χ4n) is 1.50. The van der Waals surface area contributed by atoms with Crippen molar-refractivity contribution in [2.75, 3.05) is 12.3 Å². The molecule has 5 heteroatoms. The predicted molar refractivity (Wildman–Crippen MR) is 65.1 cm³/mol. The summed E-state index contributed by atoms with van der Waals surface area (Å²) >= 11 is 3.30. The topological polar surface area (TPSA) is 75.4 Å². The molecule has 86 valence electrons. The number of aliphatic hydroxyl groups excluding tert-OH is 1. The highest BCUT2D eigenvalue weighted by Crippen LogP contribution is 2.35. The number of carbonyl (C=O) groups excluding carboxylic acids is 1. The summed E-state index contributed by atoms with van der Waals surface area (Å²) in [6, 6.07) is 5.08. The van der Waals surface area contributed by atoms with Crippen molar-refractivity contribution >= 4 is 27.5 Å². The third-order valence-corrected chi connectivity index (χ3v) is 3.46. The fraction of sp³-hybridized carbons (Fsp3) is 0.364. The minimum Gasteiger partial charge on any atom is -0.399 e. The Balaban J connectivity index is 2.17.